The van der Waals surface area contributed by atoms with E-state index in [0.29, 0.717) is 0 Å². The van der Waals surface area contributed by atoms with Crippen LogP contribution in [0.2, 0.25) is 0 Å². The lowest BCUT2D eigenvalue weighted by Crippen LogP contribution is -1.86. The van der Waals surface area contributed by atoms with E-state index in [1.807, 2.05) is 0 Å². The molecule has 1 aromatic carbocycles. The molecule has 0 N–H and O–H groups in total. The second-order valence-electron chi connectivity index (χ2n) is 2.84. The summed E-state index contributed by atoms with van der Waals surface area (Å²) in [6.07, 6.45) is 0. The lowest BCUT2D eigenvalue weighted by molar-refractivity contribution is 1.10. The minimum atomic E-state index is 0.782. The number of thiol groups is 4. The second kappa shape index (κ2) is 10.7. The Kier molecular flexibility index (Phi) is 10.7. The highest BCUT2D eigenvalue weighted by molar-refractivity contribution is 8.12. The van der Waals surface area contributed by atoms with Crippen molar-refractivity contribution in [2.75, 3.05) is 20.3 Å². The van der Waals surface area contributed by atoms with E-state index in [1.54, 1.807) is 47.0 Å². The van der Waals surface area contributed by atoms with Crippen molar-refractivity contribution in [2.45, 2.75) is 19.6 Å². The Bertz CT molecular complexity index is 301. The first-order valence-corrected chi connectivity index (χ1v) is 11.4. The average Bonchev–Trinajstić information content (AvgIpc) is 2.35. The van der Waals surface area contributed by atoms with Gasteiger partial charge < -0.3 is 0 Å². The van der Waals surface area contributed by atoms with Crippen LogP contribution in [0.5, 0.6) is 0 Å². The number of thioether (sulfide) groups is 4. The van der Waals surface area contributed by atoms with Gasteiger partial charge in [0.25, 0.3) is 0 Å². The van der Waals surface area contributed by atoms with Crippen LogP contribution in [-0.2, 0) is 0 Å². The van der Waals surface area contributed by atoms with E-state index in [-0.39, 0.29) is 0 Å². The molecular formula is C10H14S8. The van der Waals surface area contributed by atoms with Gasteiger partial charge in [0.15, 0.2) is 0 Å². The molecule has 0 fully saturated rings. The van der Waals surface area contributed by atoms with E-state index in [9.17, 15) is 0 Å². The first-order chi connectivity index (χ1) is 8.76. The van der Waals surface area contributed by atoms with E-state index >= 15 is 0 Å². The molecule has 0 amide bonds. The quantitative estimate of drug-likeness (QED) is 0.259. The van der Waals surface area contributed by atoms with Crippen molar-refractivity contribution < 1.29 is 0 Å². The third-order valence-electron chi connectivity index (χ3n) is 1.89. The zero-order valence-corrected chi connectivity index (χ0v) is 16.2. The molecule has 0 bridgehead atoms. The minimum Gasteiger partial charge on any atom is -0.168 e. The molecule has 0 aliphatic carbocycles. The molecule has 1 aromatic rings. The summed E-state index contributed by atoms with van der Waals surface area (Å²) in [6.45, 7) is 0. The highest BCUT2D eigenvalue weighted by Crippen LogP contribution is 2.41. The van der Waals surface area contributed by atoms with Crippen LogP contribution in [0.1, 0.15) is 0 Å². The van der Waals surface area contributed by atoms with Crippen LogP contribution in [0.4, 0.5) is 0 Å². The Morgan fingerprint density at radius 1 is 0.556 bits per heavy atom. The topological polar surface area (TPSA) is 0 Å². The van der Waals surface area contributed by atoms with Crippen LogP contribution >= 0.6 is 97.6 Å². The molecule has 8 heteroatoms. The smallest absolute Gasteiger partial charge is 0.0409 e. The lowest BCUT2D eigenvalue weighted by Gasteiger charge is -2.13. The maximum absolute atomic E-state index is 4.30. The van der Waals surface area contributed by atoms with Crippen molar-refractivity contribution in [3.05, 3.63) is 12.1 Å². The highest BCUT2D eigenvalue weighted by atomic mass is 32.2. The molecule has 0 aliphatic rings. The zero-order chi connectivity index (χ0) is 13.4. The average molecular weight is 391 g/mol. The Labute approximate surface area is 148 Å². The summed E-state index contributed by atoms with van der Waals surface area (Å²) in [5, 5.41) is 3.13. The van der Waals surface area contributed by atoms with Crippen molar-refractivity contribution in [1.29, 1.82) is 0 Å². The Hall–Kier alpha value is 2.02. The van der Waals surface area contributed by atoms with Gasteiger partial charge in [-0.15, -0.1) is 47.0 Å². The van der Waals surface area contributed by atoms with Crippen molar-refractivity contribution in [1.82, 2.24) is 0 Å². The molecule has 102 valence electrons. The molecule has 0 unspecified atom stereocenters. The molecule has 0 heterocycles. The minimum absolute atomic E-state index is 0.782. The summed E-state index contributed by atoms with van der Waals surface area (Å²) in [4.78, 5) is 5.10. The van der Waals surface area contributed by atoms with Gasteiger partial charge in [-0.2, -0.15) is 50.5 Å². The summed E-state index contributed by atoms with van der Waals surface area (Å²) < 4.78 is 0. The van der Waals surface area contributed by atoms with E-state index in [0.717, 1.165) is 20.3 Å². The van der Waals surface area contributed by atoms with E-state index < -0.39 is 0 Å². The number of benzene rings is 1. The maximum atomic E-state index is 4.30. The molecule has 1 rings (SSSR count). The van der Waals surface area contributed by atoms with Gasteiger partial charge in [0.1, 0.15) is 0 Å². The van der Waals surface area contributed by atoms with Crippen LogP contribution in [0.15, 0.2) is 31.7 Å². The van der Waals surface area contributed by atoms with Gasteiger partial charge in [-0.3, -0.25) is 0 Å². The van der Waals surface area contributed by atoms with Gasteiger partial charge in [-0.05, 0) is 12.1 Å². The van der Waals surface area contributed by atoms with Crippen molar-refractivity contribution in [2.24, 2.45) is 0 Å². The van der Waals surface area contributed by atoms with E-state index in [4.69, 9.17) is 0 Å². The molecular weight excluding hydrogens is 377 g/mol. The van der Waals surface area contributed by atoms with E-state index in [2.05, 4.69) is 62.6 Å². The SMILES string of the molecule is SCSc1cc(SCS)c(SCS)cc1SCS. The standard InChI is InChI=1S/C10H14S8/c11-3-15-7-1-8(16-4-12)10(18-6-14)2-9(7)17-5-13/h1-2,11-14H,3-6H2. The third-order valence-corrected chi connectivity index (χ3v) is 6.81. The Morgan fingerprint density at radius 2 is 0.778 bits per heavy atom. The Balaban J connectivity index is 3.11. The third kappa shape index (κ3) is 5.79. The predicted octanol–water partition coefficient (Wildman–Crippen LogP) is 5.60. The number of rotatable bonds is 8. The van der Waals surface area contributed by atoms with Gasteiger partial charge >= 0.3 is 0 Å². The van der Waals surface area contributed by atoms with Crippen LogP contribution in [0.25, 0.3) is 0 Å². The van der Waals surface area contributed by atoms with Gasteiger partial charge in [0.2, 0.25) is 0 Å². The highest BCUT2D eigenvalue weighted by Gasteiger charge is 2.11. The molecule has 0 saturated heterocycles. The van der Waals surface area contributed by atoms with Gasteiger partial charge in [-0.1, -0.05) is 0 Å². The van der Waals surface area contributed by atoms with Gasteiger partial charge in [0, 0.05) is 39.9 Å². The fraction of sp³-hybridized carbons (Fsp3) is 0.400. The van der Waals surface area contributed by atoms with Crippen LogP contribution < -0.4 is 0 Å². The van der Waals surface area contributed by atoms with Gasteiger partial charge in [0.05, 0.1) is 0 Å². The Morgan fingerprint density at radius 3 is 0.944 bits per heavy atom. The fourth-order valence-corrected chi connectivity index (χ4v) is 5.94. The number of hydrogen-bond donors (Lipinski definition) is 4. The molecule has 0 aliphatic heterocycles. The predicted molar refractivity (Wildman–Crippen MR) is 105 cm³/mol. The fourth-order valence-electron chi connectivity index (χ4n) is 1.25. The van der Waals surface area contributed by atoms with Crippen LogP contribution in [0, 0.1) is 0 Å². The summed E-state index contributed by atoms with van der Waals surface area (Å²) in [5.74, 6) is 0. The first-order valence-electron chi connectivity index (χ1n) is 4.89. The van der Waals surface area contributed by atoms with Crippen molar-refractivity contribution >= 4 is 97.6 Å². The summed E-state index contributed by atoms with van der Waals surface area (Å²) >= 11 is 24.2. The first kappa shape index (κ1) is 18.1. The van der Waals surface area contributed by atoms with Crippen molar-refractivity contribution in [3.8, 4) is 0 Å². The normalized spacial score (nSPS) is 10.9. The van der Waals surface area contributed by atoms with Crippen LogP contribution in [-0.4, -0.2) is 20.3 Å². The summed E-state index contributed by atoms with van der Waals surface area (Å²) in [6, 6.07) is 4.47. The largest absolute Gasteiger partial charge is 0.168 e. The molecule has 18 heavy (non-hydrogen) atoms. The lowest BCUT2D eigenvalue weighted by atomic mass is 10.3. The second-order valence-corrected chi connectivity index (χ2v) is 9.88. The number of hydrogen-bond acceptors (Lipinski definition) is 8. The van der Waals surface area contributed by atoms with E-state index in [1.165, 1.54) is 19.6 Å². The van der Waals surface area contributed by atoms with Gasteiger partial charge in [-0.25, -0.2) is 0 Å². The molecule has 0 saturated carbocycles. The zero-order valence-electron chi connectivity index (χ0n) is 9.40. The molecule has 0 aromatic heterocycles. The summed E-state index contributed by atoms with van der Waals surface area (Å²) in [5.41, 5.74) is 0. The van der Waals surface area contributed by atoms with Crippen molar-refractivity contribution in [3.63, 3.8) is 0 Å². The molecule has 0 spiro atoms. The maximum Gasteiger partial charge on any atom is 0.0409 e. The summed E-state index contributed by atoms with van der Waals surface area (Å²) in [7, 11) is 0. The monoisotopic (exact) mass is 390 g/mol. The molecule has 0 nitrogen and oxygen atoms in total. The molecule has 0 atom stereocenters. The molecule has 0 radical (unpaired) electrons. The van der Waals surface area contributed by atoms with Crippen LogP contribution in [0.3, 0.4) is 0 Å².